The molecule has 0 aliphatic heterocycles. The highest BCUT2D eigenvalue weighted by molar-refractivity contribution is 7.98. The molecule has 0 radical (unpaired) electrons. The van der Waals surface area contributed by atoms with E-state index in [4.69, 9.17) is 17.3 Å². The van der Waals surface area contributed by atoms with Gasteiger partial charge in [-0.3, -0.25) is 4.98 Å². The highest BCUT2D eigenvalue weighted by Gasteiger charge is 2.02. The second-order valence-electron chi connectivity index (χ2n) is 3.74. The maximum atomic E-state index is 5.89. The Morgan fingerprint density at radius 1 is 1.29 bits per heavy atom. The fourth-order valence-electron chi connectivity index (χ4n) is 1.48. The van der Waals surface area contributed by atoms with Crippen LogP contribution in [-0.2, 0) is 5.75 Å². The zero-order valence-electron chi connectivity index (χ0n) is 9.48. The van der Waals surface area contributed by atoms with Gasteiger partial charge in [-0.1, -0.05) is 17.7 Å². The molecule has 2 rings (SSSR count). The summed E-state index contributed by atoms with van der Waals surface area (Å²) >= 11 is 7.52. The molecule has 88 valence electrons. The molecular formula is C13H13ClN2S. The molecule has 4 heteroatoms. The second kappa shape index (κ2) is 5.43. The first-order valence-electron chi connectivity index (χ1n) is 5.25. The number of aryl methyl sites for hydroxylation is 1. The number of hydrogen-bond acceptors (Lipinski definition) is 3. The van der Waals surface area contributed by atoms with Gasteiger partial charge >= 0.3 is 0 Å². The Bertz CT molecular complexity index is 529. The smallest absolute Gasteiger partial charge is 0.0509 e. The quantitative estimate of drug-likeness (QED) is 0.675. The fourth-order valence-corrected chi connectivity index (χ4v) is 2.52. The first kappa shape index (κ1) is 12.3. The summed E-state index contributed by atoms with van der Waals surface area (Å²) in [7, 11) is 0. The summed E-state index contributed by atoms with van der Waals surface area (Å²) in [6, 6.07) is 11.6. The lowest BCUT2D eigenvalue weighted by molar-refractivity contribution is 1.11. The van der Waals surface area contributed by atoms with E-state index in [0.717, 1.165) is 27.7 Å². The number of hydrogen-bond donors (Lipinski definition) is 1. The van der Waals surface area contributed by atoms with E-state index in [9.17, 15) is 0 Å². The van der Waals surface area contributed by atoms with Crippen LogP contribution in [0.4, 0.5) is 5.69 Å². The fraction of sp³-hybridized carbons (Fsp3) is 0.154. The van der Waals surface area contributed by atoms with Crippen molar-refractivity contribution in [3.63, 3.8) is 0 Å². The van der Waals surface area contributed by atoms with Crippen LogP contribution in [0.5, 0.6) is 0 Å². The number of aromatic nitrogens is 1. The van der Waals surface area contributed by atoms with Crippen LogP contribution in [0.1, 0.15) is 11.4 Å². The van der Waals surface area contributed by atoms with Gasteiger partial charge in [-0.05, 0) is 37.3 Å². The molecule has 2 nitrogen and oxygen atoms in total. The lowest BCUT2D eigenvalue weighted by Gasteiger charge is -2.05. The van der Waals surface area contributed by atoms with Crippen molar-refractivity contribution in [2.45, 2.75) is 17.6 Å². The number of rotatable bonds is 3. The minimum atomic E-state index is 0.667. The SMILES string of the molecule is Cc1cccc(CSc2ccc(Cl)cc2N)n1. The maximum Gasteiger partial charge on any atom is 0.0509 e. The van der Waals surface area contributed by atoms with Crippen molar-refractivity contribution in [3.05, 3.63) is 52.8 Å². The highest BCUT2D eigenvalue weighted by atomic mass is 35.5. The number of nitrogens with two attached hydrogens (primary N) is 1. The molecule has 0 fully saturated rings. The molecule has 2 N–H and O–H groups in total. The lowest BCUT2D eigenvalue weighted by atomic mass is 10.3. The largest absolute Gasteiger partial charge is 0.398 e. The monoisotopic (exact) mass is 264 g/mol. The van der Waals surface area contributed by atoms with Gasteiger partial charge in [0.1, 0.15) is 0 Å². The van der Waals surface area contributed by atoms with Gasteiger partial charge in [0, 0.05) is 27.1 Å². The van der Waals surface area contributed by atoms with Crippen molar-refractivity contribution in [1.82, 2.24) is 4.98 Å². The van der Waals surface area contributed by atoms with Crippen molar-refractivity contribution >= 4 is 29.1 Å². The van der Waals surface area contributed by atoms with Gasteiger partial charge in [0.25, 0.3) is 0 Å². The number of anilines is 1. The molecule has 0 bridgehead atoms. The number of benzene rings is 1. The molecule has 0 aliphatic carbocycles. The minimum absolute atomic E-state index is 0.667. The Balaban J connectivity index is 2.07. The van der Waals surface area contributed by atoms with E-state index in [1.54, 1.807) is 17.8 Å². The van der Waals surface area contributed by atoms with Crippen molar-refractivity contribution < 1.29 is 0 Å². The molecule has 0 saturated carbocycles. The van der Waals surface area contributed by atoms with Crippen molar-refractivity contribution in [2.24, 2.45) is 0 Å². The van der Waals surface area contributed by atoms with Crippen LogP contribution in [0.3, 0.4) is 0 Å². The van der Waals surface area contributed by atoms with Crippen LogP contribution in [-0.4, -0.2) is 4.98 Å². The molecule has 17 heavy (non-hydrogen) atoms. The molecular weight excluding hydrogens is 252 g/mol. The second-order valence-corrected chi connectivity index (χ2v) is 5.19. The Morgan fingerprint density at radius 2 is 2.12 bits per heavy atom. The number of nitrogen functional groups attached to an aromatic ring is 1. The summed E-state index contributed by atoms with van der Waals surface area (Å²) in [5, 5.41) is 0.667. The van der Waals surface area contributed by atoms with E-state index >= 15 is 0 Å². The zero-order chi connectivity index (χ0) is 12.3. The maximum absolute atomic E-state index is 5.89. The Morgan fingerprint density at radius 3 is 2.82 bits per heavy atom. The van der Waals surface area contributed by atoms with Gasteiger partial charge in [-0.2, -0.15) is 0 Å². The predicted molar refractivity (Wildman–Crippen MR) is 74.4 cm³/mol. The first-order chi connectivity index (χ1) is 8.15. The molecule has 0 saturated heterocycles. The Kier molecular flexibility index (Phi) is 3.92. The van der Waals surface area contributed by atoms with Crippen LogP contribution in [0, 0.1) is 6.92 Å². The molecule has 0 spiro atoms. The predicted octanol–water partition coefficient (Wildman–Crippen LogP) is 3.92. The van der Waals surface area contributed by atoms with Gasteiger partial charge in [-0.25, -0.2) is 0 Å². The number of halogens is 1. The third-order valence-electron chi connectivity index (χ3n) is 2.29. The number of nitrogens with zero attached hydrogens (tertiary/aromatic N) is 1. The number of pyridine rings is 1. The van der Waals surface area contributed by atoms with E-state index in [1.807, 2.05) is 37.3 Å². The molecule has 0 amide bonds. The topological polar surface area (TPSA) is 38.9 Å². The van der Waals surface area contributed by atoms with Crippen LogP contribution < -0.4 is 5.73 Å². The summed E-state index contributed by atoms with van der Waals surface area (Å²) in [6.07, 6.45) is 0. The van der Waals surface area contributed by atoms with Gasteiger partial charge in [0.2, 0.25) is 0 Å². The van der Waals surface area contributed by atoms with E-state index in [-0.39, 0.29) is 0 Å². The molecule has 0 unspecified atom stereocenters. The standard InChI is InChI=1S/C13H13ClN2S/c1-9-3-2-4-11(16-9)8-17-13-6-5-10(14)7-12(13)15/h2-7H,8,15H2,1H3. The summed E-state index contributed by atoms with van der Waals surface area (Å²) in [5.41, 5.74) is 8.70. The summed E-state index contributed by atoms with van der Waals surface area (Å²) in [4.78, 5) is 5.49. The molecule has 0 atom stereocenters. The van der Waals surface area contributed by atoms with E-state index in [0.29, 0.717) is 5.02 Å². The lowest BCUT2D eigenvalue weighted by Crippen LogP contribution is -1.91. The van der Waals surface area contributed by atoms with Crippen LogP contribution in [0.25, 0.3) is 0 Å². The van der Waals surface area contributed by atoms with E-state index in [1.165, 1.54) is 0 Å². The Labute approximate surface area is 110 Å². The van der Waals surface area contributed by atoms with Crippen LogP contribution in [0.2, 0.25) is 5.02 Å². The molecule has 1 heterocycles. The molecule has 1 aromatic heterocycles. The van der Waals surface area contributed by atoms with Gasteiger partial charge < -0.3 is 5.73 Å². The minimum Gasteiger partial charge on any atom is -0.398 e. The summed E-state index contributed by atoms with van der Waals surface area (Å²) in [6.45, 7) is 1.99. The molecule has 0 aliphatic rings. The van der Waals surface area contributed by atoms with Gasteiger partial charge in [0.15, 0.2) is 0 Å². The highest BCUT2D eigenvalue weighted by Crippen LogP contribution is 2.29. The van der Waals surface area contributed by atoms with E-state index in [2.05, 4.69) is 4.98 Å². The first-order valence-corrected chi connectivity index (χ1v) is 6.62. The van der Waals surface area contributed by atoms with Crippen molar-refractivity contribution in [1.29, 1.82) is 0 Å². The number of thioether (sulfide) groups is 1. The average Bonchev–Trinajstić information content (AvgIpc) is 2.28. The third kappa shape index (κ3) is 3.38. The summed E-state index contributed by atoms with van der Waals surface area (Å²) < 4.78 is 0. The normalized spacial score (nSPS) is 10.5. The van der Waals surface area contributed by atoms with Crippen LogP contribution >= 0.6 is 23.4 Å². The molecule has 2 aromatic rings. The van der Waals surface area contributed by atoms with Crippen molar-refractivity contribution in [2.75, 3.05) is 5.73 Å². The average molecular weight is 265 g/mol. The van der Waals surface area contributed by atoms with Gasteiger partial charge in [0.05, 0.1) is 5.69 Å². The molecule has 1 aromatic carbocycles. The van der Waals surface area contributed by atoms with Gasteiger partial charge in [-0.15, -0.1) is 11.8 Å². The zero-order valence-corrected chi connectivity index (χ0v) is 11.1. The summed E-state index contributed by atoms with van der Waals surface area (Å²) in [5.74, 6) is 0.813. The van der Waals surface area contributed by atoms with Crippen LogP contribution in [0.15, 0.2) is 41.3 Å². The van der Waals surface area contributed by atoms with Crippen molar-refractivity contribution in [3.8, 4) is 0 Å². The third-order valence-corrected chi connectivity index (χ3v) is 3.65. The van der Waals surface area contributed by atoms with E-state index < -0.39 is 0 Å². The Hall–Kier alpha value is -1.19.